The maximum absolute atomic E-state index is 11.5. The fourth-order valence-corrected chi connectivity index (χ4v) is 1.70. The number of para-hydroxylation sites is 1. The van der Waals surface area contributed by atoms with Crippen LogP contribution >= 0.6 is 0 Å². The zero-order chi connectivity index (χ0) is 13.0. The van der Waals surface area contributed by atoms with E-state index in [-0.39, 0.29) is 0 Å². The number of anilines is 1. The molecule has 2 aromatic rings. The zero-order valence-electron chi connectivity index (χ0n) is 10.00. The van der Waals surface area contributed by atoms with Gasteiger partial charge in [-0.25, -0.2) is 4.79 Å². The molecule has 1 unspecified atom stereocenters. The highest BCUT2D eigenvalue weighted by atomic mass is 16.4. The molecule has 2 rings (SSSR count). The number of rotatable bonds is 4. The van der Waals surface area contributed by atoms with Gasteiger partial charge >= 0.3 is 5.97 Å². The van der Waals surface area contributed by atoms with Crippen LogP contribution in [0, 0.1) is 0 Å². The molecule has 0 fully saturated rings. The molecule has 0 aliphatic rings. The molecule has 0 bridgehead atoms. The summed E-state index contributed by atoms with van der Waals surface area (Å²) in [5.74, 6) is -0.968. The van der Waals surface area contributed by atoms with E-state index in [9.17, 15) is 9.90 Å². The first-order valence-corrected chi connectivity index (χ1v) is 5.61. The molecule has 0 amide bonds. The number of hydrogen-bond donors (Lipinski definition) is 2. The van der Waals surface area contributed by atoms with Crippen LogP contribution in [0.25, 0.3) is 0 Å². The number of benzene rings is 1. The second-order valence-corrected chi connectivity index (χ2v) is 4.14. The summed E-state index contributed by atoms with van der Waals surface area (Å²) in [5, 5.41) is 12.5. The molecule has 0 saturated heterocycles. The predicted octanol–water partition coefficient (Wildman–Crippen LogP) is 2.49. The summed E-state index contributed by atoms with van der Waals surface area (Å²) in [6.45, 7) is 1.60. The van der Waals surface area contributed by atoms with E-state index in [0.717, 1.165) is 5.69 Å². The van der Waals surface area contributed by atoms with E-state index in [4.69, 9.17) is 0 Å². The minimum absolute atomic E-state index is 0.473. The minimum Gasteiger partial charge on any atom is -0.479 e. The van der Waals surface area contributed by atoms with Gasteiger partial charge in [0.05, 0.1) is 5.69 Å². The summed E-state index contributed by atoms with van der Waals surface area (Å²) in [4.78, 5) is 15.6. The molecule has 0 aliphatic carbocycles. The summed E-state index contributed by atoms with van der Waals surface area (Å²) >= 11 is 0. The van der Waals surface area contributed by atoms with Crippen molar-refractivity contribution in [3.8, 4) is 0 Å². The van der Waals surface area contributed by atoms with E-state index in [1.165, 1.54) is 0 Å². The van der Waals surface area contributed by atoms with Gasteiger partial charge < -0.3 is 10.4 Å². The summed E-state index contributed by atoms with van der Waals surface area (Å²) in [6.07, 6.45) is 1.59. The van der Waals surface area contributed by atoms with Crippen molar-refractivity contribution in [2.24, 2.45) is 0 Å². The Hall–Kier alpha value is -2.36. The molecular weight excluding hydrogens is 228 g/mol. The summed E-state index contributed by atoms with van der Waals surface area (Å²) in [7, 11) is 0. The summed E-state index contributed by atoms with van der Waals surface area (Å²) in [5.41, 5.74) is -0.0304. The van der Waals surface area contributed by atoms with Gasteiger partial charge in [-0.05, 0) is 31.2 Å². The zero-order valence-corrected chi connectivity index (χ0v) is 10.00. The van der Waals surface area contributed by atoms with Crippen molar-refractivity contribution in [2.45, 2.75) is 12.5 Å². The Balaban J connectivity index is 2.37. The lowest BCUT2D eigenvalue weighted by molar-refractivity contribution is -0.142. The highest BCUT2D eigenvalue weighted by molar-refractivity contribution is 5.83. The topological polar surface area (TPSA) is 62.2 Å². The molecular formula is C14H14N2O2. The average Bonchev–Trinajstić information content (AvgIpc) is 2.40. The molecule has 0 saturated carbocycles. The predicted molar refractivity (Wildman–Crippen MR) is 69.3 cm³/mol. The Morgan fingerprint density at radius 2 is 1.83 bits per heavy atom. The van der Waals surface area contributed by atoms with Crippen LogP contribution in [0.3, 0.4) is 0 Å². The van der Waals surface area contributed by atoms with Crippen molar-refractivity contribution in [1.29, 1.82) is 0 Å². The SMILES string of the molecule is CC(Nc1ccccc1)(C(=O)O)c1ccccn1. The third-order valence-electron chi connectivity index (χ3n) is 2.77. The van der Waals surface area contributed by atoms with Crippen molar-refractivity contribution in [3.63, 3.8) is 0 Å². The molecule has 1 aromatic heterocycles. The van der Waals surface area contributed by atoms with Crippen LogP contribution < -0.4 is 5.32 Å². The molecule has 0 aliphatic heterocycles. The van der Waals surface area contributed by atoms with Gasteiger partial charge in [0.2, 0.25) is 0 Å². The van der Waals surface area contributed by atoms with E-state index in [2.05, 4.69) is 10.3 Å². The summed E-state index contributed by atoms with van der Waals surface area (Å²) in [6, 6.07) is 14.5. The van der Waals surface area contributed by atoms with Crippen LogP contribution in [-0.2, 0) is 10.3 Å². The van der Waals surface area contributed by atoms with Gasteiger partial charge in [0.25, 0.3) is 0 Å². The van der Waals surface area contributed by atoms with Crippen molar-refractivity contribution in [2.75, 3.05) is 5.32 Å². The molecule has 4 heteroatoms. The Morgan fingerprint density at radius 3 is 2.39 bits per heavy atom. The lowest BCUT2D eigenvalue weighted by atomic mass is 9.96. The minimum atomic E-state index is -1.25. The standard InChI is InChI=1S/C14H14N2O2/c1-14(13(17)18,12-9-5-6-10-15-12)16-11-7-3-2-4-8-11/h2-10,16H,1H3,(H,17,18). The fourth-order valence-electron chi connectivity index (χ4n) is 1.70. The third-order valence-corrected chi connectivity index (χ3v) is 2.77. The number of nitrogens with zero attached hydrogens (tertiary/aromatic N) is 1. The Kier molecular flexibility index (Phi) is 3.28. The molecule has 1 atom stereocenters. The molecule has 0 spiro atoms. The highest BCUT2D eigenvalue weighted by Gasteiger charge is 2.36. The maximum Gasteiger partial charge on any atom is 0.335 e. The van der Waals surface area contributed by atoms with E-state index in [1.807, 2.05) is 30.3 Å². The van der Waals surface area contributed by atoms with E-state index in [0.29, 0.717) is 5.69 Å². The van der Waals surface area contributed by atoms with Gasteiger partial charge in [-0.1, -0.05) is 24.3 Å². The van der Waals surface area contributed by atoms with Crippen molar-refractivity contribution in [1.82, 2.24) is 4.98 Å². The highest BCUT2D eigenvalue weighted by Crippen LogP contribution is 2.24. The number of pyridine rings is 1. The Bertz CT molecular complexity index is 528. The first-order valence-electron chi connectivity index (χ1n) is 5.61. The summed E-state index contributed by atoms with van der Waals surface area (Å²) < 4.78 is 0. The van der Waals surface area contributed by atoms with Crippen molar-refractivity contribution in [3.05, 3.63) is 60.4 Å². The van der Waals surface area contributed by atoms with E-state index >= 15 is 0 Å². The Morgan fingerprint density at radius 1 is 1.17 bits per heavy atom. The van der Waals surface area contributed by atoms with Gasteiger partial charge in [-0.3, -0.25) is 4.98 Å². The number of carboxylic acids is 1. The molecule has 1 heterocycles. The molecule has 1 aromatic carbocycles. The van der Waals surface area contributed by atoms with Crippen LogP contribution in [0.2, 0.25) is 0 Å². The monoisotopic (exact) mass is 242 g/mol. The molecule has 18 heavy (non-hydrogen) atoms. The Labute approximate surface area is 105 Å². The van der Waals surface area contributed by atoms with Gasteiger partial charge in [0.15, 0.2) is 5.54 Å². The second-order valence-electron chi connectivity index (χ2n) is 4.14. The van der Waals surface area contributed by atoms with Crippen molar-refractivity contribution < 1.29 is 9.90 Å². The number of aliphatic carboxylic acids is 1. The third kappa shape index (κ3) is 2.32. The lowest BCUT2D eigenvalue weighted by Crippen LogP contribution is -2.41. The smallest absolute Gasteiger partial charge is 0.335 e. The van der Waals surface area contributed by atoms with Crippen LogP contribution in [0.5, 0.6) is 0 Å². The van der Waals surface area contributed by atoms with Crippen LogP contribution in [-0.4, -0.2) is 16.1 Å². The van der Waals surface area contributed by atoms with Crippen molar-refractivity contribution >= 4 is 11.7 Å². The molecule has 92 valence electrons. The van der Waals surface area contributed by atoms with E-state index < -0.39 is 11.5 Å². The van der Waals surface area contributed by atoms with Gasteiger partial charge in [-0.15, -0.1) is 0 Å². The largest absolute Gasteiger partial charge is 0.479 e. The van der Waals surface area contributed by atoms with Gasteiger partial charge in [0.1, 0.15) is 0 Å². The van der Waals surface area contributed by atoms with Crippen LogP contribution in [0.15, 0.2) is 54.7 Å². The molecule has 4 nitrogen and oxygen atoms in total. The second kappa shape index (κ2) is 4.87. The fraction of sp³-hybridized carbons (Fsp3) is 0.143. The number of carbonyl (C=O) groups is 1. The van der Waals surface area contributed by atoms with Gasteiger partial charge in [0, 0.05) is 11.9 Å². The number of aromatic nitrogens is 1. The maximum atomic E-state index is 11.5. The first-order chi connectivity index (χ1) is 8.63. The van der Waals surface area contributed by atoms with Gasteiger partial charge in [-0.2, -0.15) is 0 Å². The molecule has 2 N–H and O–H groups in total. The number of nitrogens with one attached hydrogen (secondary N) is 1. The number of hydrogen-bond acceptors (Lipinski definition) is 3. The van der Waals surface area contributed by atoms with Crippen LogP contribution in [0.4, 0.5) is 5.69 Å². The molecule has 0 radical (unpaired) electrons. The lowest BCUT2D eigenvalue weighted by Gasteiger charge is -2.26. The average molecular weight is 242 g/mol. The normalized spacial score (nSPS) is 13.6. The number of carboxylic acid groups (broad SMARTS) is 1. The first kappa shape index (κ1) is 12.1. The van der Waals surface area contributed by atoms with Crippen LogP contribution in [0.1, 0.15) is 12.6 Å². The quantitative estimate of drug-likeness (QED) is 0.864. The van der Waals surface area contributed by atoms with E-state index in [1.54, 1.807) is 31.3 Å².